The summed E-state index contributed by atoms with van der Waals surface area (Å²) in [5.74, 6) is 0.209. The molecule has 2 aromatic heterocycles. The maximum Gasteiger partial charge on any atom is 0.227 e. The van der Waals surface area contributed by atoms with Crippen LogP contribution in [-0.4, -0.2) is 57.1 Å². The Kier molecular flexibility index (Phi) is 5.50. The number of rotatable bonds is 6. The number of benzene rings is 1. The van der Waals surface area contributed by atoms with Crippen molar-refractivity contribution in [3.05, 3.63) is 46.0 Å². The first-order chi connectivity index (χ1) is 13.2. The van der Waals surface area contributed by atoms with Crippen LogP contribution in [0.3, 0.4) is 0 Å². The summed E-state index contributed by atoms with van der Waals surface area (Å²) in [6, 6.07) is 8.14. The van der Waals surface area contributed by atoms with Gasteiger partial charge in [0.15, 0.2) is 0 Å². The zero-order valence-corrected chi connectivity index (χ0v) is 16.5. The molecule has 3 aromatic rings. The van der Waals surface area contributed by atoms with E-state index in [0.29, 0.717) is 6.42 Å². The van der Waals surface area contributed by atoms with Crippen molar-refractivity contribution in [2.75, 3.05) is 26.2 Å². The minimum atomic E-state index is 0.209. The average Bonchev–Trinajstić information content (AvgIpc) is 3.30. The second-order valence-electron chi connectivity index (χ2n) is 7.03. The normalized spacial score (nSPS) is 15.5. The van der Waals surface area contributed by atoms with E-state index >= 15 is 0 Å². The van der Waals surface area contributed by atoms with E-state index in [9.17, 15) is 4.79 Å². The third-order valence-electron chi connectivity index (χ3n) is 5.07. The van der Waals surface area contributed by atoms with Crippen LogP contribution in [0.15, 0.2) is 30.5 Å². The Morgan fingerprint density at radius 1 is 1.15 bits per heavy atom. The first kappa shape index (κ1) is 18.1. The van der Waals surface area contributed by atoms with Crippen molar-refractivity contribution in [3.8, 4) is 0 Å². The van der Waals surface area contributed by atoms with E-state index in [0.717, 1.165) is 72.0 Å². The highest BCUT2D eigenvalue weighted by molar-refractivity contribution is 7.11. The molecule has 3 heterocycles. The van der Waals surface area contributed by atoms with Crippen molar-refractivity contribution >= 4 is 28.1 Å². The predicted molar refractivity (Wildman–Crippen MR) is 108 cm³/mol. The molecular weight excluding hydrogens is 358 g/mol. The van der Waals surface area contributed by atoms with Crippen LogP contribution in [0.1, 0.15) is 28.9 Å². The van der Waals surface area contributed by atoms with E-state index in [1.807, 2.05) is 29.3 Å². The number of carbonyl (C=O) groups is 1. The number of carbonyl (C=O) groups excluding carboxylic acids is 1. The van der Waals surface area contributed by atoms with E-state index in [1.165, 1.54) is 0 Å². The molecule has 1 amide bonds. The lowest BCUT2D eigenvalue weighted by Crippen LogP contribution is -2.48. The number of aryl methyl sites for hydroxylation is 1. The van der Waals surface area contributed by atoms with E-state index in [1.54, 1.807) is 11.3 Å². The van der Waals surface area contributed by atoms with Gasteiger partial charge in [0.2, 0.25) is 5.91 Å². The molecule has 0 aliphatic carbocycles. The van der Waals surface area contributed by atoms with Crippen LogP contribution in [0.25, 0.3) is 10.9 Å². The highest BCUT2D eigenvalue weighted by Crippen LogP contribution is 2.19. The van der Waals surface area contributed by atoms with Gasteiger partial charge in [-0.1, -0.05) is 25.1 Å². The van der Waals surface area contributed by atoms with E-state index in [-0.39, 0.29) is 5.91 Å². The molecular formula is C20H25N5OS. The number of piperazine rings is 1. The largest absolute Gasteiger partial charge is 0.361 e. The lowest BCUT2D eigenvalue weighted by Gasteiger charge is -2.34. The van der Waals surface area contributed by atoms with Crippen molar-refractivity contribution in [1.29, 1.82) is 0 Å². The van der Waals surface area contributed by atoms with Gasteiger partial charge in [-0.25, -0.2) is 0 Å². The second kappa shape index (κ2) is 8.19. The minimum absolute atomic E-state index is 0.209. The van der Waals surface area contributed by atoms with Crippen LogP contribution in [-0.2, 0) is 24.2 Å². The Balaban J connectivity index is 1.30. The first-order valence-corrected chi connectivity index (χ1v) is 10.4. The van der Waals surface area contributed by atoms with Crippen molar-refractivity contribution in [2.24, 2.45) is 0 Å². The number of hydrogen-bond donors (Lipinski definition) is 1. The number of aromatic nitrogens is 3. The minimum Gasteiger partial charge on any atom is -0.361 e. The number of H-pyrrole nitrogens is 1. The van der Waals surface area contributed by atoms with Crippen LogP contribution in [0.5, 0.6) is 0 Å². The van der Waals surface area contributed by atoms with E-state index < -0.39 is 0 Å². The topological polar surface area (TPSA) is 65.1 Å². The molecule has 1 aliphatic rings. The summed E-state index contributed by atoms with van der Waals surface area (Å²) >= 11 is 1.71. The molecule has 0 radical (unpaired) electrons. The molecule has 27 heavy (non-hydrogen) atoms. The van der Waals surface area contributed by atoms with Crippen LogP contribution in [0.2, 0.25) is 0 Å². The van der Waals surface area contributed by atoms with Crippen molar-refractivity contribution in [2.45, 2.75) is 32.7 Å². The third kappa shape index (κ3) is 4.20. The van der Waals surface area contributed by atoms with Gasteiger partial charge in [-0.2, -0.15) is 0 Å². The maximum atomic E-state index is 12.7. The zero-order chi connectivity index (χ0) is 18.6. The van der Waals surface area contributed by atoms with Gasteiger partial charge in [0.25, 0.3) is 0 Å². The second-order valence-corrected chi connectivity index (χ2v) is 8.18. The molecule has 6 nitrogen and oxygen atoms in total. The van der Waals surface area contributed by atoms with Gasteiger partial charge in [-0.05, 0) is 18.1 Å². The van der Waals surface area contributed by atoms with Crippen LogP contribution in [0, 0.1) is 0 Å². The SMILES string of the molecule is CCCc1nnc(CN2CCN(C(=O)Cc3c[nH]c4ccccc34)CC2)s1. The predicted octanol–water partition coefficient (Wildman–Crippen LogP) is 2.86. The monoisotopic (exact) mass is 383 g/mol. The van der Waals surface area contributed by atoms with Crippen LogP contribution >= 0.6 is 11.3 Å². The average molecular weight is 384 g/mol. The third-order valence-corrected chi connectivity index (χ3v) is 6.04. The summed E-state index contributed by atoms with van der Waals surface area (Å²) in [6.07, 6.45) is 4.53. The van der Waals surface area contributed by atoms with Gasteiger partial charge in [0.05, 0.1) is 13.0 Å². The van der Waals surface area contributed by atoms with Crippen LogP contribution < -0.4 is 0 Å². The standard InChI is InChI=1S/C20H25N5OS/c1-2-5-18-22-23-19(27-18)14-24-8-10-25(11-9-24)20(26)12-15-13-21-17-7-4-3-6-16(15)17/h3-4,6-7,13,21H,2,5,8-12,14H2,1H3. The molecule has 1 aromatic carbocycles. The van der Waals surface area contributed by atoms with Crippen molar-refractivity contribution < 1.29 is 4.79 Å². The fourth-order valence-corrected chi connectivity index (χ4v) is 4.56. The Hall–Kier alpha value is -2.25. The highest BCUT2D eigenvalue weighted by Gasteiger charge is 2.22. The maximum absolute atomic E-state index is 12.7. The number of nitrogens with one attached hydrogen (secondary N) is 1. The molecule has 0 unspecified atom stereocenters. The number of aromatic amines is 1. The summed E-state index contributed by atoms with van der Waals surface area (Å²) in [5, 5.41) is 11.9. The summed E-state index contributed by atoms with van der Waals surface area (Å²) in [6.45, 7) is 6.34. The van der Waals surface area contributed by atoms with Crippen molar-refractivity contribution in [3.63, 3.8) is 0 Å². The Morgan fingerprint density at radius 2 is 1.93 bits per heavy atom. The smallest absolute Gasteiger partial charge is 0.227 e. The van der Waals surface area contributed by atoms with Gasteiger partial charge < -0.3 is 9.88 Å². The van der Waals surface area contributed by atoms with Gasteiger partial charge >= 0.3 is 0 Å². The molecule has 0 saturated carbocycles. The molecule has 4 rings (SSSR count). The lowest BCUT2D eigenvalue weighted by molar-refractivity contribution is -0.132. The number of fused-ring (bicyclic) bond motifs is 1. The molecule has 7 heteroatoms. The molecule has 1 N–H and O–H groups in total. The Labute approximate surface area is 163 Å². The van der Waals surface area contributed by atoms with Crippen molar-refractivity contribution in [1.82, 2.24) is 25.0 Å². The highest BCUT2D eigenvalue weighted by atomic mass is 32.1. The molecule has 1 saturated heterocycles. The zero-order valence-electron chi connectivity index (χ0n) is 15.6. The summed E-state index contributed by atoms with van der Waals surface area (Å²) in [5.41, 5.74) is 2.17. The van der Waals surface area contributed by atoms with Crippen LogP contribution in [0.4, 0.5) is 0 Å². The molecule has 0 spiro atoms. The fourth-order valence-electron chi connectivity index (χ4n) is 3.57. The number of amides is 1. The number of para-hydroxylation sites is 1. The van der Waals surface area contributed by atoms with E-state index in [2.05, 4.69) is 33.1 Å². The molecule has 0 atom stereocenters. The first-order valence-electron chi connectivity index (χ1n) is 9.59. The van der Waals surface area contributed by atoms with Gasteiger partial charge in [0.1, 0.15) is 10.0 Å². The van der Waals surface area contributed by atoms with Gasteiger partial charge in [-0.3, -0.25) is 9.69 Å². The molecule has 142 valence electrons. The number of hydrogen-bond acceptors (Lipinski definition) is 5. The Morgan fingerprint density at radius 3 is 2.74 bits per heavy atom. The molecule has 1 aliphatic heterocycles. The van der Waals surface area contributed by atoms with E-state index in [4.69, 9.17) is 0 Å². The summed E-state index contributed by atoms with van der Waals surface area (Å²) < 4.78 is 0. The lowest BCUT2D eigenvalue weighted by atomic mass is 10.1. The Bertz CT molecular complexity index is 910. The summed E-state index contributed by atoms with van der Waals surface area (Å²) in [7, 11) is 0. The van der Waals surface area contributed by atoms with Gasteiger partial charge in [0, 0.05) is 49.7 Å². The molecule has 0 bridgehead atoms. The van der Waals surface area contributed by atoms with Gasteiger partial charge in [-0.15, -0.1) is 21.5 Å². The summed E-state index contributed by atoms with van der Waals surface area (Å²) in [4.78, 5) is 20.3. The number of nitrogens with zero attached hydrogens (tertiary/aromatic N) is 4. The quantitative estimate of drug-likeness (QED) is 0.711. The fraction of sp³-hybridized carbons (Fsp3) is 0.450. The molecule has 1 fully saturated rings.